The number of ether oxygens (including phenoxy) is 6. The maximum absolute atomic E-state index is 5.37. The normalized spacial score (nSPS) is 10.1. The Balaban J connectivity index is 2.03. The average Bonchev–Trinajstić information content (AvgIpc) is 2.74. The summed E-state index contributed by atoms with van der Waals surface area (Å²) in [5.74, 6) is 3.52. The Morgan fingerprint density at radius 1 is 0.500 bits per heavy atom. The van der Waals surface area contributed by atoms with Crippen LogP contribution in [0.1, 0.15) is 0 Å². The van der Waals surface area contributed by atoms with Gasteiger partial charge >= 0.3 is 0 Å². The second-order valence-electron chi connectivity index (χ2n) is 5.68. The van der Waals surface area contributed by atoms with Gasteiger partial charge in [-0.3, -0.25) is 0 Å². The van der Waals surface area contributed by atoms with E-state index in [1.165, 1.54) is 0 Å². The molecule has 0 fully saturated rings. The molecule has 0 aliphatic heterocycles. The van der Waals surface area contributed by atoms with E-state index in [2.05, 4.69) is 10.6 Å². The summed E-state index contributed by atoms with van der Waals surface area (Å²) in [5, 5.41) is 6.66. The van der Waals surface area contributed by atoms with Crippen LogP contribution in [0.15, 0.2) is 24.3 Å². The van der Waals surface area contributed by atoms with Gasteiger partial charge in [0, 0.05) is 48.7 Å². The highest BCUT2D eigenvalue weighted by Gasteiger charge is 2.14. The lowest BCUT2D eigenvalue weighted by Crippen LogP contribution is -2.14. The first-order valence-electron chi connectivity index (χ1n) is 8.69. The molecule has 0 aromatic heterocycles. The van der Waals surface area contributed by atoms with E-state index in [0.717, 1.165) is 11.4 Å². The van der Waals surface area contributed by atoms with Crippen molar-refractivity contribution in [3.8, 4) is 34.5 Å². The molecule has 8 heteroatoms. The molecule has 2 aromatic carbocycles. The van der Waals surface area contributed by atoms with Crippen LogP contribution in [0.25, 0.3) is 0 Å². The molecule has 0 bridgehead atoms. The van der Waals surface area contributed by atoms with E-state index in [1.807, 2.05) is 24.3 Å². The van der Waals surface area contributed by atoms with Crippen LogP contribution in [0.5, 0.6) is 34.5 Å². The van der Waals surface area contributed by atoms with Crippen molar-refractivity contribution in [1.82, 2.24) is 0 Å². The highest BCUT2D eigenvalue weighted by atomic mass is 16.5. The number of hydrogen-bond acceptors (Lipinski definition) is 8. The van der Waals surface area contributed by atoms with Crippen LogP contribution in [0.4, 0.5) is 11.4 Å². The van der Waals surface area contributed by atoms with Crippen molar-refractivity contribution in [3.63, 3.8) is 0 Å². The zero-order valence-corrected chi connectivity index (χ0v) is 17.2. The molecule has 2 N–H and O–H groups in total. The Morgan fingerprint density at radius 2 is 0.786 bits per heavy atom. The number of benzene rings is 2. The number of nitrogens with one attached hydrogen (secondary N) is 2. The minimum Gasteiger partial charge on any atom is -0.493 e. The number of hydrogen-bond donors (Lipinski definition) is 2. The third-order valence-electron chi connectivity index (χ3n) is 4.11. The molecular weight excluding hydrogens is 364 g/mol. The molecule has 0 heterocycles. The molecular formula is C20H28N2O6. The smallest absolute Gasteiger partial charge is 0.203 e. The Morgan fingerprint density at radius 3 is 1.00 bits per heavy atom. The first-order chi connectivity index (χ1) is 13.6. The summed E-state index contributed by atoms with van der Waals surface area (Å²) in [5.41, 5.74) is 1.72. The first-order valence-corrected chi connectivity index (χ1v) is 8.69. The lowest BCUT2D eigenvalue weighted by atomic mass is 10.2. The van der Waals surface area contributed by atoms with Crippen molar-refractivity contribution in [2.45, 2.75) is 0 Å². The van der Waals surface area contributed by atoms with E-state index < -0.39 is 0 Å². The summed E-state index contributed by atoms with van der Waals surface area (Å²) in [4.78, 5) is 0. The number of anilines is 2. The van der Waals surface area contributed by atoms with Crippen molar-refractivity contribution in [2.24, 2.45) is 0 Å². The van der Waals surface area contributed by atoms with Crippen molar-refractivity contribution in [3.05, 3.63) is 24.3 Å². The first kappa shape index (κ1) is 21.1. The molecule has 0 radical (unpaired) electrons. The van der Waals surface area contributed by atoms with Gasteiger partial charge in [-0.2, -0.15) is 0 Å². The van der Waals surface area contributed by atoms with E-state index in [4.69, 9.17) is 28.4 Å². The summed E-state index contributed by atoms with van der Waals surface area (Å²) in [6.07, 6.45) is 0. The molecule has 28 heavy (non-hydrogen) atoms. The van der Waals surface area contributed by atoms with E-state index in [0.29, 0.717) is 47.6 Å². The van der Waals surface area contributed by atoms with E-state index in [1.54, 1.807) is 42.7 Å². The van der Waals surface area contributed by atoms with Crippen molar-refractivity contribution in [1.29, 1.82) is 0 Å². The highest BCUT2D eigenvalue weighted by molar-refractivity contribution is 5.64. The third-order valence-corrected chi connectivity index (χ3v) is 4.11. The SMILES string of the molecule is COc1cc(NCCNc2cc(OC)c(OC)c(OC)c2)cc(OC)c1OC. The van der Waals surface area contributed by atoms with Gasteiger partial charge in [0.2, 0.25) is 11.5 Å². The maximum atomic E-state index is 5.37. The van der Waals surface area contributed by atoms with Gasteiger partial charge in [0.05, 0.1) is 42.7 Å². The fourth-order valence-corrected chi connectivity index (χ4v) is 2.78. The lowest BCUT2D eigenvalue weighted by Gasteiger charge is -2.16. The zero-order chi connectivity index (χ0) is 20.5. The highest BCUT2D eigenvalue weighted by Crippen LogP contribution is 2.41. The quantitative estimate of drug-likeness (QED) is 0.564. The second kappa shape index (κ2) is 10.2. The summed E-state index contributed by atoms with van der Waals surface area (Å²) >= 11 is 0. The number of rotatable bonds is 11. The van der Waals surface area contributed by atoms with Crippen LogP contribution < -0.4 is 39.1 Å². The van der Waals surface area contributed by atoms with Crippen molar-refractivity contribution >= 4 is 11.4 Å². The number of methoxy groups -OCH3 is 6. The van der Waals surface area contributed by atoms with Gasteiger partial charge in [0.15, 0.2) is 23.0 Å². The second-order valence-corrected chi connectivity index (χ2v) is 5.68. The summed E-state index contributed by atoms with van der Waals surface area (Å²) in [6, 6.07) is 7.45. The van der Waals surface area contributed by atoms with Crippen LogP contribution in [0.2, 0.25) is 0 Å². The maximum Gasteiger partial charge on any atom is 0.203 e. The minimum absolute atomic E-state index is 0.561. The van der Waals surface area contributed by atoms with Crippen LogP contribution in [0, 0.1) is 0 Å². The monoisotopic (exact) mass is 392 g/mol. The molecule has 0 saturated carbocycles. The van der Waals surface area contributed by atoms with Gasteiger partial charge < -0.3 is 39.1 Å². The summed E-state index contributed by atoms with van der Waals surface area (Å²) in [7, 11) is 9.52. The minimum atomic E-state index is 0.561. The summed E-state index contributed by atoms with van der Waals surface area (Å²) in [6.45, 7) is 1.32. The van der Waals surface area contributed by atoms with Crippen molar-refractivity contribution in [2.75, 3.05) is 66.4 Å². The molecule has 0 amide bonds. The average molecular weight is 392 g/mol. The Kier molecular flexibility index (Phi) is 7.74. The Bertz CT molecular complexity index is 666. The molecule has 0 aliphatic carbocycles. The predicted octanol–water partition coefficient (Wildman–Crippen LogP) is 3.26. The molecule has 0 spiro atoms. The molecule has 0 saturated heterocycles. The lowest BCUT2D eigenvalue weighted by molar-refractivity contribution is 0.324. The zero-order valence-electron chi connectivity index (χ0n) is 17.2. The molecule has 0 atom stereocenters. The molecule has 0 unspecified atom stereocenters. The van der Waals surface area contributed by atoms with Gasteiger partial charge in [-0.1, -0.05) is 0 Å². The molecule has 2 rings (SSSR count). The summed E-state index contributed by atoms with van der Waals surface area (Å²) < 4.78 is 32.1. The van der Waals surface area contributed by atoms with E-state index >= 15 is 0 Å². The van der Waals surface area contributed by atoms with Gasteiger partial charge in [0.25, 0.3) is 0 Å². The van der Waals surface area contributed by atoms with Crippen LogP contribution in [-0.4, -0.2) is 55.7 Å². The third kappa shape index (κ3) is 4.76. The molecule has 0 aliphatic rings. The standard InChI is InChI=1S/C20H28N2O6/c1-23-15-9-13(10-16(24-2)19(15)27-5)21-7-8-22-14-11-17(25-3)20(28-6)18(12-14)26-4/h9-12,21-22H,7-8H2,1-6H3. The molecule has 154 valence electrons. The fourth-order valence-electron chi connectivity index (χ4n) is 2.78. The van der Waals surface area contributed by atoms with Crippen molar-refractivity contribution < 1.29 is 28.4 Å². The van der Waals surface area contributed by atoms with Crippen LogP contribution in [0.3, 0.4) is 0 Å². The van der Waals surface area contributed by atoms with Gasteiger partial charge in [-0.25, -0.2) is 0 Å². The van der Waals surface area contributed by atoms with E-state index in [9.17, 15) is 0 Å². The van der Waals surface area contributed by atoms with Gasteiger partial charge in [-0.15, -0.1) is 0 Å². The van der Waals surface area contributed by atoms with Gasteiger partial charge in [0.1, 0.15) is 0 Å². The predicted molar refractivity (Wildman–Crippen MR) is 109 cm³/mol. The molecule has 8 nitrogen and oxygen atoms in total. The van der Waals surface area contributed by atoms with E-state index in [-0.39, 0.29) is 0 Å². The van der Waals surface area contributed by atoms with Crippen LogP contribution in [-0.2, 0) is 0 Å². The van der Waals surface area contributed by atoms with Crippen LogP contribution >= 0.6 is 0 Å². The Hall–Kier alpha value is -3.16. The topological polar surface area (TPSA) is 79.4 Å². The Labute approximate surface area is 165 Å². The largest absolute Gasteiger partial charge is 0.493 e. The van der Waals surface area contributed by atoms with Gasteiger partial charge in [-0.05, 0) is 0 Å². The molecule has 2 aromatic rings. The fraction of sp³-hybridized carbons (Fsp3) is 0.400.